The lowest BCUT2D eigenvalue weighted by atomic mass is 10.1. The molecule has 0 fully saturated rings. The van der Waals surface area contributed by atoms with Crippen LogP contribution < -0.4 is 5.32 Å². The number of hydrogen-bond donors (Lipinski definition) is 1. The third kappa shape index (κ3) is 4.39. The standard InChI is InChI=1S/C16H19NOS2/c1-12-5-6-14(10-13(12)2)16(18)17-7-9-19-11-15-4-3-8-20-15/h3-6,8,10H,7,9,11H2,1-2H3,(H,17,18). The smallest absolute Gasteiger partial charge is 0.251 e. The number of amides is 1. The van der Waals surface area contributed by atoms with Gasteiger partial charge in [-0.25, -0.2) is 0 Å². The van der Waals surface area contributed by atoms with Crippen LogP contribution in [0.2, 0.25) is 0 Å². The van der Waals surface area contributed by atoms with Crippen LogP contribution >= 0.6 is 23.1 Å². The van der Waals surface area contributed by atoms with Gasteiger partial charge in [-0.2, -0.15) is 11.8 Å². The van der Waals surface area contributed by atoms with E-state index in [4.69, 9.17) is 0 Å². The molecule has 0 saturated carbocycles. The third-order valence-electron chi connectivity index (χ3n) is 3.13. The molecule has 4 heteroatoms. The maximum atomic E-state index is 12.0. The van der Waals surface area contributed by atoms with Gasteiger partial charge in [0.2, 0.25) is 0 Å². The van der Waals surface area contributed by atoms with Crippen LogP contribution in [-0.2, 0) is 5.75 Å². The molecule has 1 heterocycles. The zero-order valence-corrected chi connectivity index (χ0v) is 13.4. The van der Waals surface area contributed by atoms with E-state index in [-0.39, 0.29) is 5.91 Å². The molecule has 0 atom stereocenters. The quantitative estimate of drug-likeness (QED) is 0.816. The largest absolute Gasteiger partial charge is 0.351 e. The molecule has 2 aromatic rings. The van der Waals surface area contributed by atoms with E-state index in [1.807, 2.05) is 36.9 Å². The number of rotatable bonds is 6. The molecule has 1 aromatic carbocycles. The highest BCUT2D eigenvalue weighted by molar-refractivity contribution is 7.98. The van der Waals surface area contributed by atoms with Crippen LogP contribution in [0.3, 0.4) is 0 Å². The molecular weight excluding hydrogens is 286 g/mol. The molecule has 1 amide bonds. The summed E-state index contributed by atoms with van der Waals surface area (Å²) >= 11 is 3.63. The molecule has 0 spiro atoms. The number of hydrogen-bond acceptors (Lipinski definition) is 3. The van der Waals surface area contributed by atoms with E-state index >= 15 is 0 Å². The average molecular weight is 305 g/mol. The van der Waals surface area contributed by atoms with E-state index < -0.39 is 0 Å². The van der Waals surface area contributed by atoms with Gasteiger partial charge >= 0.3 is 0 Å². The van der Waals surface area contributed by atoms with Crippen molar-refractivity contribution in [3.63, 3.8) is 0 Å². The Hall–Kier alpha value is -1.26. The van der Waals surface area contributed by atoms with Crippen LogP contribution in [0.5, 0.6) is 0 Å². The van der Waals surface area contributed by atoms with Gasteiger partial charge in [0.1, 0.15) is 0 Å². The van der Waals surface area contributed by atoms with E-state index in [1.54, 1.807) is 11.3 Å². The molecule has 1 aromatic heterocycles. The SMILES string of the molecule is Cc1ccc(C(=O)NCCSCc2cccs2)cc1C. The molecule has 0 bridgehead atoms. The average Bonchev–Trinajstić information content (AvgIpc) is 2.94. The molecule has 20 heavy (non-hydrogen) atoms. The van der Waals surface area contributed by atoms with Gasteiger partial charge in [-0.05, 0) is 48.6 Å². The Kier molecular flexibility index (Phi) is 5.68. The summed E-state index contributed by atoms with van der Waals surface area (Å²) in [5.74, 6) is 1.98. The Morgan fingerprint density at radius 1 is 1.25 bits per heavy atom. The van der Waals surface area contributed by atoms with Crippen LogP contribution in [0, 0.1) is 13.8 Å². The number of nitrogens with one attached hydrogen (secondary N) is 1. The molecular formula is C16H19NOS2. The highest BCUT2D eigenvalue weighted by Gasteiger charge is 2.05. The van der Waals surface area contributed by atoms with Gasteiger partial charge in [-0.3, -0.25) is 4.79 Å². The Labute approximate surface area is 128 Å². The summed E-state index contributed by atoms with van der Waals surface area (Å²) in [5.41, 5.74) is 3.12. The van der Waals surface area contributed by atoms with Gasteiger partial charge in [-0.15, -0.1) is 11.3 Å². The van der Waals surface area contributed by atoms with E-state index in [0.717, 1.165) is 22.6 Å². The first-order chi connectivity index (χ1) is 9.66. The minimum atomic E-state index is 0.0184. The highest BCUT2D eigenvalue weighted by Crippen LogP contribution is 2.16. The molecule has 0 aliphatic carbocycles. The molecule has 0 unspecified atom stereocenters. The molecule has 0 aliphatic heterocycles. The summed E-state index contributed by atoms with van der Waals surface area (Å²) in [6.07, 6.45) is 0. The van der Waals surface area contributed by atoms with Crippen LogP contribution in [0.1, 0.15) is 26.4 Å². The summed E-state index contributed by atoms with van der Waals surface area (Å²) in [5, 5.41) is 5.06. The fourth-order valence-corrected chi connectivity index (χ4v) is 3.49. The lowest BCUT2D eigenvalue weighted by Gasteiger charge is -2.07. The molecule has 106 valence electrons. The van der Waals surface area contributed by atoms with Crippen molar-refractivity contribution < 1.29 is 4.79 Å². The first kappa shape index (κ1) is 15.1. The van der Waals surface area contributed by atoms with Gasteiger partial charge in [-0.1, -0.05) is 12.1 Å². The summed E-state index contributed by atoms with van der Waals surface area (Å²) in [6.45, 7) is 4.79. The van der Waals surface area contributed by atoms with Crippen molar-refractivity contribution in [3.05, 3.63) is 57.3 Å². The Morgan fingerprint density at radius 2 is 2.10 bits per heavy atom. The van der Waals surface area contributed by atoms with E-state index in [0.29, 0.717) is 6.54 Å². The number of carbonyl (C=O) groups excluding carboxylic acids is 1. The molecule has 0 radical (unpaired) electrons. The van der Waals surface area contributed by atoms with Crippen molar-refractivity contribution in [1.82, 2.24) is 5.32 Å². The summed E-state index contributed by atoms with van der Waals surface area (Å²) in [6, 6.07) is 10.0. The minimum Gasteiger partial charge on any atom is -0.351 e. The summed E-state index contributed by atoms with van der Waals surface area (Å²) in [4.78, 5) is 13.4. The number of benzene rings is 1. The second-order valence-electron chi connectivity index (χ2n) is 4.69. The van der Waals surface area contributed by atoms with Gasteiger partial charge in [0.15, 0.2) is 0 Å². The number of thioether (sulfide) groups is 1. The molecule has 0 aliphatic rings. The third-order valence-corrected chi connectivity index (χ3v) is 5.19. The topological polar surface area (TPSA) is 29.1 Å². The summed E-state index contributed by atoms with van der Waals surface area (Å²) < 4.78 is 0. The zero-order chi connectivity index (χ0) is 14.4. The fraction of sp³-hybridized carbons (Fsp3) is 0.312. The molecule has 2 rings (SSSR count). The Balaban J connectivity index is 1.70. The van der Waals surface area contributed by atoms with Crippen molar-refractivity contribution in [1.29, 1.82) is 0 Å². The molecule has 0 saturated heterocycles. The van der Waals surface area contributed by atoms with Crippen LogP contribution in [-0.4, -0.2) is 18.2 Å². The first-order valence-electron chi connectivity index (χ1n) is 6.62. The lowest BCUT2D eigenvalue weighted by Crippen LogP contribution is -2.25. The summed E-state index contributed by atoms with van der Waals surface area (Å²) in [7, 11) is 0. The maximum absolute atomic E-state index is 12.0. The van der Waals surface area contributed by atoms with Crippen molar-refractivity contribution >= 4 is 29.0 Å². The Morgan fingerprint density at radius 3 is 2.80 bits per heavy atom. The normalized spacial score (nSPS) is 10.5. The van der Waals surface area contributed by atoms with Crippen molar-refractivity contribution in [3.8, 4) is 0 Å². The highest BCUT2D eigenvalue weighted by atomic mass is 32.2. The number of aryl methyl sites for hydroxylation is 2. The van der Waals surface area contributed by atoms with Crippen molar-refractivity contribution in [2.75, 3.05) is 12.3 Å². The van der Waals surface area contributed by atoms with Gasteiger partial charge in [0.05, 0.1) is 0 Å². The van der Waals surface area contributed by atoms with Gasteiger partial charge < -0.3 is 5.32 Å². The van der Waals surface area contributed by atoms with Crippen LogP contribution in [0.15, 0.2) is 35.7 Å². The Bertz CT molecular complexity index is 564. The zero-order valence-electron chi connectivity index (χ0n) is 11.8. The van der Waals surface area contributed by atoms with Gasteiger partial charge in [0.25, 0.3) is 5.91 Å². The fourth-order valence-electron chi connectivity index (χ4n) is 1.79. The first-order valence-corrected chi connectivity index (χ1v) is 8.66. The predicted octanol–water partition coefficient (Wildman–Crippen LogP) is 4.03. The monoisotopic (exact) mass is 305 g/mol. The van der Waals surface area contributed by atoms with Crippen LogP contribution in [0.4, 0.5) is 0 Å². The van der Waals surface area contributed by atoms with Crippen LogP contribution in [0.25, 0.3) is 0 Å². The number of thiophene rings is 1. The predicted molar refractivity (Wildman–Crippen MR) is 88.7 cm³/mol. The molecule has 1 N–H and O–H groups in total. The van der Waals surface area contributed by atoms with E-state index in [9.17, 15) is 4.79 Å². The molecule has 2 nitrogen and oxygen atoms in total. The van der Waals surface area contributed by atoms with Crippen molar-refractivity contribution in [2.45, 2.75) is 19.6 Å². The lowest BCUT2D eigenvalue weighted by molar-refractivity contribution is 0.0956. The minimum absolute atomic E-state index is 0.0184. The van der Waals surface area contributed by atoms with Gasteiger partial charge in [0, 0.05) is 28.5 Å². The van der Waals surface area contributed by atoms with Crippen molar-refractivity contribution in [2.24, 2.45) is 0 Å². The maximum Gasteiger partial charge on any atom is 0.251 e. The van der Waals surface area contributed by atoms with E-state index in [1.165, 1.54) is 10.4 Å². The van der Waals surface area contributed by atoms with E-state index in [2.05, 4.69) is 29.8 Å². The second-order valence-corrected chi connectivity index (χ2v) is 6.82. The second kappa shape index (κ2) is 7.50. The number of carbonyl (C=O) groups is 1.